The summed E-state index contributed by atoms with van der Waals surface area (Å²) in [5.74, 6) is -0.923. The average molecular weight is 850 g/mol. The van der Waals surface area contributed by atoms with Crippen molar-refractivity contribution in [2.45, 2.75) is 150 Å². The Bertz CT molecular complexity index is 1780. The molecular formula is C40H64N7O11P. The minimum Gasteiger partial charge on any atom is -0.464 e. The number of unbranched alkanes of at least 4 members (excludes halogenated alkanes) is 6. The van der Waals surface area contributed by atoms with Crippen LogP contribution in [0.4, 0.5) is 5.82 Å². The van der Waals surface area contributed by atoms with Gasteiger partial charge in [-0.1, -0.05) is 52.4 Å². The fourth-order valence-corrected chi connectivity index (χ4v) is 8.54. The summed E-state index contributed by atoms with van der Waals surface area (Å²) in [6, 6.07) is 0. The van der Waals surface area contributed by atoms with E-state index in [2.05, 4.69) is 50.9 Å². The first kappa shape index (κ1) is 49.0. The van der Waals surface area contributed by atoms with Crippen molar-refractivity contribution in [2.75, 3.05) is 31.5 Å². The molecule has 0 bridgehead atoms. The van der Waals surface area contributed by atoms with Gasteiger partial charge in [0, 0.05) is 12.8 Å². The Morgan fingerprint density at radius 3 is 2.02 bits per heavy atom. The Hall–Kier alpha value is -4.38. The van der Waals surface area contributed by atoms with E-state index in [0.29, 0.717) is 35.5 Å². The summed E-state index contributed by atoms with van der Waals surface area (Å²) in [5, 5.41) is 8.62. The molecule has 2 aromatic rings. The number of ether oxygens (including phenoxy) is 6. The molecule has 0 saturated heterocycles. The zero-order valence-electron chi connectivity index (χ0n) is 36.0. The van der Waals surface area contributed by atoms with Gasteiger partial charge in [-0.25, -0.2) is 25.1 Å². The highest BCUT2D eigenvalue weighted by molar-refractivity contribution is 7.59. The van der Waals surface area contributed by atoms with Crippen LogP contribution in [0.2, 0.25) is 0 Å². The Labute approximate surface area is 347 Å². The van der Waals surface area contributed by atoms with E-state index in [1.54, 1.807) is 46.1 Å². The van der Waals surface area contributed by atoms with Crippen molar-refractivity contribution < 1.29 is 52.2 Å². The molecule has 3 N–H and O–H groups in total. The van der Waals surface area contributed by atoms with Crippen molar-refractivity contribution in [3.8, 4) is 0 Å². The summed E-state index contributed by atoms with van der Waals surface area (Å²) in [7, 11) is -3.88. The predicted octanol–water partition coefficient (Wildman–Crippen LogP) is 6.77. The topological polar surface area (TPSA) is 220 Å². The van der Waals surface area contributed by atoms with E-state index >= 15 is 0 Å². The molecule has 1 aliphatic rings. The number of carbonyl (C=O) groups is 4. The lowest BCUT2D eigenvalue weighted by Gasteiger charge is -2.35. The van der Waals surface area contributed by atoms with Crippen molar-refractivity contribution in [1.82, 2.24) is 29.7 Å². The Balaban J connectivity index is 1.63. The number of hydrogen-bond donors (Lipinski definition) is 3. The van der Waals surface area contributed by atoms with Crippen LogP contribution in [0.5, 0.6) is 0 Å². The van der Waals surface area contributed by atoms with Crippen LogP contribution in [-0.4, -0.2) is 86.7 Å². The zero-order valence-corrected chi connectivity index (χ0v) is 36.9. The molecule has 0 aromatic carbocycles. The number of rotatable bonds is 28. The maximum absolute atomic E-state index is 14.7. The monoisotopic (exact) mass is 849 g/mol. The molecule has 330 valence electrons. The normalized spacial score (nSPS) is 13.9. The van der Waals surface area contributed by atoms with Gasteiger partial charge in [-0.15, -0.1) is 0 Å². The van der Waals surface area contributed by atoms with Crippen molar-refractivity contribution in [3.05, 3.63) is 36.7 Å². The third-order valence-electron chi connectivity index (χ3n) is 9.10. The third-order valence-corrected chi connectivity index (χ3v) is 11.5. The molecule has 18 nitrogen and oxygen atoms in total. The maximum atomic E-state index is 14.7. The molecular weight excluding hydrogens is 785 g/mol. The largest absolute Gasteiger partial charge is 0.464 e. The molecule has 3 rings (SSSR count). The maximum Gasteiger partial charge on any atom is 0.326 e. The number of esters is 3. The molecule has 1 atom stereocenters. The second-order valence-electron chi connectivity index (χ2n) is 15.6. The van der Waals surface area contributed by atoms with E-state index in [1.165, 1.54) is 12.7 Å². The van der Waals surface area contributed by atoms with E-state index in [0.717, 1.165) is 38.5 Å². The Kier molecular flexibility index (Phi) is 19.4. The highest BCUT2D eigenvalue weighted by Crippen LogP contribution is 2.42. The van der Waals surface area contributed by atoms with E-state index in [-0.39, 0.29) is 63.3 Å². The van der Waals surface area contributed by atoms with Gasteiger partial charge >= 0.3 is 17.9 Å². The van der Waals surface area contributed by atoms with Crippen molar-refractivity contribution >= 4 is 48.2 Å². The van der Waals surface area contributed by atoms with Crippen LogP contribution < -0.4 is 15.5 Å². The lowest BCUT2D eigenvalue weighted by Crippen LogP contribution is -2.54. The molecule has 0 saturated carbocycles. The molecule has 0 unspecified atom stereocenters. The van der Waals surface area contributed by atoms with Gasteiger partial charge < -0.3 is 38.3 Å². The number of imidazole rings is 1. The minimum atomic E-state index is -3.88. The number of carbonyl (C=O) groups excluding carboxylic acids is 4. The van der Waals surface area contributed by atoms with Crippen LogP contribution >= 0.6 is 7.44 Å². The Morgan fingerprint density at radius 2 is 1.46 bits per heavy atom. The van der Waals surface area contributed by atoms with Gasteiger partial charge in [-0.3, -0.25) is 23.7 Å². The molecule has 1 amide bonds. The molecule has 0 fully saturated rings. The molecule has 2 aromatic heterocycles. The number of nitrogens with one attached hydrogen (secondary N) is 3. The Morgan fingerprint density at radius 1 is 0.847 bits per heavy atom. The van der Waals surface area contributed by atoms with Gasteiger partial charge in [0.2, 0.25) is 13.4 Å². The molecule has 0 radical (unpaired) electrons. The van der Waals surface area contributed by atoms with Crippen molar-refractivity contribution in [2.24, 2.45) is 0 Å². The van der Waals surface area contributed by atoms with E-state index in [1.807, 2.05) is 0 Å². The van der Waals surface area contributed by atoms with Crippen LogP contribution in [0, 0.1) is 0 Å². The van der Waals surface area contributed by atoms with Gasteiger partial charge in [0.1, 0.15) is 29.5 Å². The highest BCUT2D eigenvalue weighted by atomic mass is 31.2. The number of allylic oxidation sites excluding steroid dienone is 1. The van der Waals surface area contributed by atoms with Gasteiger partial charge in [0.05, 0.1) is 32.2 Å². The molecule has 0 spiro atoms. The summed E-state index contributed by atoms with van der Waals surface area (Å²) < 4.78 is 49.2. The predicted molar refractivity (Wildman–Crippen MR) is 220 cm³/mol. The number of anilines is 1. The van der Waals surface area contributed by atoms with E-state index < -0.39 is 48.9 Å². The van der Waals surface area contributed by atoms with Crippen LogP contribution in [-0.2, 0) is 58.7 Å². The first-order chi connectivity index (χ1) is 27.9. The smallest absolute Gasteiger partial charge is 0.326 e. The standard InChI is InChI=1S/C40H64N7O11P/c1-10-12-14-16-21-53-37(50)39(6,7)45-59(52,46-40(8,9)38(51)54-22-17-15-13-11-2)27-56-28(3)23-47-26-43-34-35(41-25-42-36(34)47)44-32(48)19-18-20-33(49)55-24-31-29(4)57-30(5)58-31/h25-26,28H,5,10-24,27H2,1-4,6-9H3,(H2,45,46,52)(H,41,42,44,48)/t28-/m1/s1. The second kappa shape index (κ2) is 23.4. The SMILES string of the molecule is C=C1OC(C)=C(COC(=O)CCCC(=O)Nc2ncnc3c2ncn3C[C@@H](C)OCP(=O)(NC(C)(C)C(=O)OCCCCCC)NC(C)(C)C(=O)OCCCCCC)O1. The highest BCUT2D eigenvalue weighted by Gasteiger charge is 2.43. The molecule has 19 heteroatoms. The molecule has 0 aliphatic carbocycles. The fraction of sp³-hybridized carbons (Fsp3) is 0.675. The number of aromatic nitrogens is 4. The van der Waals surface area contributed by atoms with Crippen LogP contribution in [0.1, 0.15) is 126 Å². The van der Waals surface area contributed by atoms with Crippen LogP contribution in [0.15, 0.2) is 36.7 Å². The molecule has 1 aliphatic heterocycles. The lowest BCUT2D eigenvalue weighted by molar-refractivity contribution is -0.149. The number of fused-ring (bicyclic) bond motifs is 1. The van der Waals surface area contributed by atoms with Gasteiger partial charge in [0.25, 0.3) is 5.95 Å². The minimum absolute atomic E-state index is 0.00658. The lowest BCUT2D eigenvalue weighted by atomic mass is 10.1. The summed E-state index contributed by atoms with van der Waals surface area (Å²) in [4.78, 5) is 64.3. The van der Waals surface area contributed by atoms with E-state index in [4.69, 9.17) is 28.4 Å². The zero-order chi connectivity index (χ0) is 43.6. The quantitative estimate of drug-likeness (QED) is 0.0348. The molecule has 3 heterocycles. The second-order valence-corrected chi connectivity index (χ2v) is 17.8. The first-order valence-corrected chi connectivity index (χ1v) is 22.3. The number of nitrogens with zero attached hydrogens (tertiary/aromatic N) is 4. The summed E-state index contributed by atoms with van der Waals surface area (Å²) in [5.41, 5.74) is -2.08. The van der Waals surface area contributed by atoms with Crippen LogP contribution in [0.25, 0.3) is 11.2 Å². The van der Waals surface area contributed by atoms with Crippen LogP contribution in [0.3, 0.4) is 0 Å². The van der Waals surface area contributed by atoms with E-state index in [9.17, 15) is 23.7 Å². The first-order valence-electron chi connectivity index (χ1n) is 20.4. The van der Waals surface area contributed by atoms with Crippen molar-refractivity contribution in [1.29, 1.82) is 0 Å². The number of hydrogen-bond acceptors (Lipinski definition) is 14. The number of amides is 1. The summed E-state index contributed by atoms with van der Waals surface area (Å²) in [6.45, 7) is 18.0. The third kappa shape index (κ3) is 16.3. The summed E-state index contributed by atoms with van der Waals surface area (Å²) >= 11 is 0. The summed E-state index contributed by atoms with van der Waals surface area (Å²) in [6.07, 6.45) is 9.52. The van der Waals surface area contributed by atoms with Gasteiger partial charge in [-0.2, -0.15) is 0 Å². The molecule has 59 heavy (non-hydrogen) atoms. The average Bonchev–Trinajstić information content (AvgIpc) is 3.73. The van der Waals surface area contributed by atoms with Crippen molar-refractivity contribution in [3.63, 3.8) is 0 Å². The van der Waals surface area contributed by atoms with Gasteiger partial charge in [0.15, 0.2) is 29.3 Å². The fourth-order valence-electron chi connectivity index (χ4n) is 5.90. The van der Waals surface area contributed by atoms with Gasteiger partial charge in [-0.05, 0) is 67.4 Å².